The van der Waals surface area contributed by atoms with Crippen molar-refractivity contribution in [3.05, 3.63) is 54.3 Å². The van der Waals surface area contributed by atoms with E-state index in [0.717, 1.165) is 43.7 Å². The molecule has 0 radical (unpaired) electrons. The molecule has 0 amide bonds. The Bertz CT molecular complexity index is 505. The number of nitrogens with zero attached hydrogens (tertiary/aromatic N) is 3. The van der Waals surface area contributed by atoms with Gasteiger partial charge in [-0.05, 0) is 49.4 Å². The predicted molar refractivity (Wildman–Crippen MR) is 90.4 cm³/mol. The Morgan fingerprint density at radius 2 is 2.10 bits per heavy atom. The summed E-state index contributed by atoms with van der Waals surface area (Å²) in [6.45, 7) is 2.78. The van der Waals surface area contributed by atoms with Crippen LogP contribution in [0.15, 0.2) is 59.4 Å². The third kappa shape index (κ3) is 5.08. The number of hydrazone groups is 1. The summed E-state index contributed by atoms with van der Waals surface area (Å²) in [7, 11) is 1.96. The summed E-state index contributed by atoms with van der Waals surface area (Å²) < 4.78 is 0. The van der Waals surface area contributed by atoms with Gasteiger partial charge in [0.1, 0.15) is 0 Å². The normalized spacial score (nSPS) is 14.6. The van der Waals surface area contributed by atoms with E-state index in [1.165, 1.54) is 0 Å². The number of benzene rings is 1. The first-order valence-electron chi connectivity index (χ1n) is 7.45. The molecule has 21 heavy (non-hydrogen) atoms. The lowest BCUT2D eigenvalue weighted by Crippen LogP contribution is -2.22. The lowest BCUT2D eigenvalue weighted by Gasteiger charge is -2.21. The van der Waals surface area contributed by atoms with E-state index in [9.17, 15) is 0 Å². The van der Waals surface area contributed by atoms with Gasteiger partial charge in [0.2, 0.25) is 0 Å². The summed E-state index contributed by atoms with van der Waals surface area (Å²) in [5.74, 6) is 0. The van der Waals surface area contributed by atoms with Gasteiger partial charge in [-0.2, -0.15) is 5.10 Å². The number of unbranched alkanes of at least 4 members (excludes halogenated alkanes) is 1. The van der Waals surface area contributed by atoms with E-state index >= 15 is 0 Å². The summed E-state index contributed by atoms with van der Waals surface area (Å²) in [6, 6.07) is 10.1. The van der Waals surface area contributed by atoms with Gasteiger partial charge in [0.25, 0.3) is 0 Å². The van der Waals surface area contributed by atoms with Crippen LogP contribution in [-0.4, -0.2) is 37.8 Å². The second-order valence-corrected chi connectivity index (χ2v) is 5.11. The SMILES string of the molecule is CN(/N=C/C1=CCN(CCCCN)C=C1)c1ccccc1. The molecular formula is C17H24N4. The van der Waals surface area contributed by atoms with E-state index < -0.39 is 0 Å². The van der Waals surface area contributed by atoms with Crippen LogP contribution in [-0.2, 0) is 0 Å². The maximum Gasteiger partial charge on any atom is 0.0590 e. The molecule has 1 aromatic carbocycles. The predicted octanol–water partition coefficient (Wildman–Crippen LogP) is 2.60. The van der Waals surface area contributed by atoms with Crippen molar-refractivity contribution in [3.8, 4) is 0 Å². The van der Waals surface area contributed by atoms with Crippen LogP contribution in [0.2, 0.25) is 0 Å². The van der Waals surface area contributed by atoms with Gasteiger partial charge in [-0.3, -0.25) is 5.01 Å². The monoisotopic (exact) mass is 284 g/mol. The molecule has 1 aliphatic rings. The summed E-state index contributed by atoms with van der Waals surface area (Å²) in [5.41, 5.74) is 7.74. The number of nitrogens with two attached hydrogens (primary N) is 1. The van der Waals surface area contributed by atoms with Crippen LogP contribution in [0.1, 0.15) is 12.8 Å². The fourth-order valence-corrected chi connectivity index (χ4v) is 2.13. The summed E-state index contributed by atoms with van der Waals surface area (Å²) >= 11 is 0. The van der Waals surface area contributed by atoms with Crippen LogP contribution in [0, 0.1) is 0 Å². The maximum atomic E-state index is 5.51. The number of hydrogen-bond acceptors (Lipinski definition) is 4. The van der Waals surface area contributed by atoms with E-state index in [0.29, 0.717) is 0 Å². The standard InChI is InChI=1S/C17H24N4/c1-20(17-7-3-2-4-8-17)19-15-16-9-13-21(14-10-16)12-6-5-11-18/h2-4,7-10,13,15H,5-6,11-12,14,18H2,1H3/b19-15+. The molecule has 4 heteroatoms. The molecule has 2 rings (SSSR count). The Hall–Kier alpha value is -2.07. The second kappa shape index (κ2) is 8.27. The van der Waals surface area contributed by atoms with Crippen LogP contribution in [0.3, 0.4) is 0 Å². The van der Waals surface area contributed by atoms with Crippen molar-refractivity contribution >= 4 is 11.9 Å². The van der Waals surface area contributed by atoms with E-state index in [4.69, 9.17) is 5.73 Å². The lowest BCUT2D eigenvalue weighted by molar-refractivity contribution is 0.398. The third-order valence-corrected chi connectivity index (χ3v) is 3.45. The Kier molecular flexibility index (Phi) is 6.03. The molecule has 0 unspecified atom stereocenters. The van der Waals surface area contributed by atoms with Gasteiger partial charge in [-0.15, -0.1) is 0 Å². The topological polar surface area (TPSA) is 44.9 Å². The number of para-hydroxylation sites is 1. The quantitative estimate of drug-likeness (QED) is 0.475. The van der Waals surface area contributed by atoms with Gasteiger partial charge in [0.15, 0.2) is 0 Å². The minimum atomic E-state index is 0.775. The van der Waals surface area contributed by atoms with Crippen molar-refractivity contribution in [1.29, 1.82) is 0 Å². The van der Waals surface area contributed by atoms with Crippen molar-refractivity contribution in [3.63, 3.8) is 0 Å². The van der Waals surface area contributed by atoms with Gasteiger partial charge < -0.3 is 10.6 Å². The van der Waals surface area contributed by atoms with Crippen molar-refractivity contribution in [2.45, 2.75) is 12.8 Å². The highest BCUT2D eigenvalue weighted by molar-refractivity contribution is 5.83. The van der Waals surface area contributed by atoms with Gasteiger partial charge in [-0.25, -0.2) is 0 Å². The Morgan fingerprint density at radius 1 is 1.29 bits per heavy atom. The molecule has 1 aromatic rings. The van der Waals surface area contributed by atoms with Crippen LogP contribution in [0.4, 0.5) is 5.69 Å². The average Bonchev–Trinajstić information content (AvgIpc) is 2.55. The molecule has 0 fully saturated rings. The van der Waals surface area contributed by atoms with Crippen molar-refractivity contribution in [1.82, 2.24) is 4.90 Å². The maximum absolute atomic E-state index is 5.51. The molecule has 0 aliphatic carbocycles. The number of hydrogen-bond donors (Lipinski definition) is 1. The van der Waals surface area contributed by atoms with E-state index in [2.05, 4.69) is 28.4 Å². The molecule has 0 saturated carbocycles. The zero-order valence-electron chi connectivity index (χ0n) is 12.7. The van der Waals surface area contributed by atoms with E-state index in [-0.39, 0.29) is 0 Å². The number of rotatable bonds is 7. The lowest BCUT2D eigenvalue weighted by atomic mass is 10.2. The minimum absolute atomic E-state index is 0.775. The summed E-state index contributed by atoms with van der Waals surface area (Å²) in [5, 5.41) is 6.35. The Balaban J connectivity index is 1.82. The van der Waals surface area contributed by atoms with Crippen LogP contribution in [0.5, 0.6) is 0 Å². The zero-order chi connectivity index (χ0) is 14.9. The molecular weight excluding hydrogens is 260 g/mol. The molecule has 0 spiro atoms. The fraction of sp³-hybridized carbons (Fsp3) is 0.353. The van der Waals surface area contributed by atoms with Gasteiger partial charge in [0, 0.05) is 20.1 Å². The van der Waals surface area contributed by atoms with Gasteiger partial charge in [-0.1, -0.05) is 24.3 Å². The summed E-state index contributed by atoms with van der Waals surface area (Å²) in [4.78, 5) is 2.30. The number of allylic oxidation sites excluding steroid dienone is 2. The molecule has 2 N–H and O–H groups in total. The second-order valence-electron chi connectivity index (χ2n) is 5.11. The first kappa shape index (κ1) is 15.3. The molecule has 112 valence electrons. The van der Waals surface area contributed by atoms with Crippen LogP contribution in [0.25, 0.3) is 0 Å². The molecule has 0 bridgehead atoms. The average molecular weight is 284 g/mol. The van der Waals surface area contributed by atoms with Gasteiger partial charge in [0.05, 0.1) is 11.9 Å². The molecule has 0 aromatic heterocycles. The Labute approximate surface area is 127 Å². The molecule has 1 aliphatic heterocycles. The zero-order valence-corrected chi connectivity index (χ0v) is 12.7. The molecule has 1 heterocycles. The highest BCUT2D eigenvalue weighted by Gasteiger charge is 2.03. The molecule has 0 saturated heterocycles. The third-order valence-electron chi connectivity index (χ3n) is 3.45. The first-order valence-corrected chi connectivity index (χ1v) is 7.45. The minimum Gasteiger partial charge on any atom is -0.374 e. The van der Waals surface area contributed by atoms with E-state index in [1.807, 2.05) is 48.6 Å². The molecule has 0 atom stereocenters. The van der Waals surface area contributed by atoms with Crippen molar-refractivity contribution in [2.75, 3.05) is 31.7 Å². The summed E-state index contributed by atoms with van der Waals surface area (Å²) in [6.07, 6.45) is 10.6. The van der Waals surface area contributed by atoms with E-state index in [1.54, 1.807) is 0 Å². The van der Waals surface area contributed by atoms with Crippen LogP contribution >= 0.6 is 0 Å². The fourth-order valence-electron chi connectivity index (χ4n) is 2.13. The smallest absolute Gasteiger partial charge is 0.0590 e. The van der Waals surface area contributed by atoms with Crippen molar-refractivity contribution in [2.24, 2.45) is 10.8 Å². The number of anilines is 1. The largest absolute Gasteiger partial charge is 0.374 e. The first-order chi connectivity index (χ1) is 10.3. The highest BCUT2D eigenvalue weighted by atomic mass is 15.4. The van der Waals surface area contributed by atoms with Crippen LogP contribution < -0.4 is 10.7 Å². The van der Waals surface area contributed by atoms with Crippen molar-refractivity contribution < 1.29 is 0 Å². The molecule has 4 nitrogen and oxygen atoms in total. The van der Waals surface area contributed by atoms with Gasteiger partial charge >= 0.3 is 0 Å². The highest BCUT2D eigenvalue weighted by Crippen LogP contribution is 2.12. The Morgan fingerprint density at radius 3 is 2.76 bits per heavy atom.